The van der Waals surface area contributed by atoms with Crippen molar-refractivity contribution in [2.45, 2.75) is 0 Å². The fourth-order valence-electron chi connectivity index (χ4n) is 1.78. The SMILES string of the molecule is Nc1cccc2c1[nH]c1nc[nH]c(=O)c12. The van der Waals surface area contributed by atoms with Gasteiger partial charge in [-0.15, -0.1) is 0 Å². The van der Waals surface area contributed by atoms with Crippen LogP contribution in [0.5, 0.6) is 0 Å². The van der Waals surface area contributed by atoms with Crippen LogP contribution in [0.1, 0.15) is 0 Å². The second-order valence-corrected chi connectivity index (χ2v) is 3.35. The highest BCUT2D eigenvalue weighted by molar-refractivity contribution is 6.09. The molecule has 15 heavy (non-hydrogen) atoms. The first kappa shape index (κ1) is 8.05. The van der Waals surface area contributed by atoms with Crippen LogP contribution < -0.4 is 11.3 Å². The van der Waals surface area contributed by atoms with Crippen molar-refractivity contribution in [1.29, 1.82) is 0 Å². The maximum absolute atomic E-state index is 11.6. The van der Waals surface area contributed by atoms with Crippen LogP contribution >= 0.6 is 0 Å². The topological polar surface area (TPSA) is 87.6 Å². The molecule has 74 valence electrons. The van der Waals surface area contributed by atoms with Crippen LogP contribution in [-0.2, 0) is 0 Å². The summed E-state index contributed by atoms with van der Waals surface area (Å²) in [5.41, 5.74) is 7.58. The Bertz CT molecular complexity index is 710. The first-order valence-electron chi connectivity index (χ1n) is 4.51. The average molecular weight is 200 g/mol. The zero-order valence-electron chi connectivity index (χ0n) is 7.74. The van der Waals surface area contributed by atoms with E-state index in [-0.39, 0.29) is 5.56 Å². The number of hydrogen-bond donors (Lipinski definition) is 3. The lowest BCUT2D eigenvalue weighted by atomic mass is 10.2. The number of hydrogen-bond acceptors (Lipinski definition) is 3. The van der Waals surface area contributed by atoms with Gasteiger partial charge in [-0.25, -0.2) is 4.98 Å². The van der Waals surface area contributed by atoms with Gasteiger partial charge < -0.3 is 15.7 Å². The number of aromatic amines is 2. The normalized spacial score (nSPS) is 11.2. The van der Waals surface area contributed by atoms with E-state index >= 15 is 0 Å². The maximum Gasteiger partial charge on any atom is 0.260 e. The molecule has 1 aromatic carbocycles. The molecule has 0 saturated heterocycles. The smallest absolute Gasteiger partial charge is 0.260 e. The highest BCUT2D eigenvalue weighted by Gasteiger charge is 2.09. The van der Waals surface area contributed by atoms with Crippen LogP contribution in [0.25, 0.3) is 21.9 Å². The molecule has 0 aliphatic heterocycles. The van der Waals surface area contributed by atoms with E-state index in [1.807, 2.05) is 12.1 Å². The van der Waals surface area contributed by atoms with E-state index in [0.717, 1.165) is 10.9 Å². The molecule has 0 spiro atoms. The summed E-state index contributed by atoms with van der Waals surface area (Å²) in [6.45, 7) is 0. The summed E-state index contributed by atoms with van der Waals surface area (Å²) < 4.78 is 0. The van der Waals surface area contributed by atoms with Crippen molar-refractivity contribution in [3.8, 4) is 0 Å². The molecule has 0 aliphatic carbocycles. The molecule has 5 nitrogen and oxygen atoms in total. The van der Waals surface area contributed by atoms with E-state index in [0.29, 0.717) is 16.7 Å². The van der Waals surface area contributed by atoms with Gasteiger partial charge >= 0.3 is 0 Å². The summed E-state index contributed by atoms with van der Waals surface area (Å²) in [6, 6.07) is 5.45. The van der Waals surface area contributed by atoms with Gasteiger partial charge in [-0.2, -0.15) is 0 Å². The van der Waals surface area contributed by atoms with E-state index < -0.39 is 0 Å². The quantitative estimate of drug-likeness (QED) is 0.473. The van der Waals surface area contributed by atoms with E-state index in [1.165, 1.54) is 6.33 Å². The lowest BCUT2D eigenvalue weighted by Crippen LogP contribution is -2.04. The molecule has 3 aromatic rings. The number of nitrogens with zero attached hydrogens (tertiary/aromatic N) is 1. The van der Waals surface area contributed by atoms with E-state index in [2.05, 4.69) is 15.0 Å². The van der Waals surface area contributed by atoms with Crippen molar-refractivity contribution < 1.29 is 0 Å². The van der Waals surface area contributed by atoms with Crippen molar-refractivity contribution in [3.05, 3.63) is 34.9 Å². The maximum atomic E-state index is 11.6. The number of H-pyrrole nitrogens is 2. The average Bonchev–Trinajstić information content (AvgIpc) is 2.59. The molecule has 0 fully saturated rings. The third-order valence-corrected chi connectivity index (χ3v) is 2.46. The van der Waals surface area contributed by atoms with Crippen molar-refractivity contribution in [2.24, 2.45) is 0 Å². The number of para-hydroxylation sites is 1. The fraction of sp³-hybridized carbons (Fsp3) is 0. The van der Waals surface area contributed by atoms with Gasteiger partial charge in [0.05, 0.1) is 22.9 Å². The van der Waals surface area contributed by atoms with Crippen LogP contribution in [-0.4, -0.2) is 15.0 Å². The largest absolute Gasteiger partial charge is 0.397 e. The van der Waals surface area contributed by atoms with E-state index in [9.17, 15) is 4.79 Å². The van der Waals surface area contributed by atoms with Gasteiger partial charge in [0.15, 0.2) is 0 Å². The van der Waals surface area contributed by atoms with Crippen LogP contribution in [0.4, 0.5) is 5.69 Å². The Labute approximate surface area is 83.9 Å². The standard InChI is InChI=1S/C10H8N4O/c11-6-3-1-2-5-7-9(14-8(5)6)12-4-13-10(7)15/h1-4H,11H2,(H2,12,13,14,15). The molecule has 0 aliphatic rings. The fourth-order valence-corrected chi connectivity index (χ4v) is 1.78. The number of rotatable bonds is 0. The predicted octanol–water partition coefficient (Wildman–Crippen LogP) is 0.987. The highest BCUT2D eigenvalue weighted by atomic mass is 16.1. The molecule has 2 heterocycles. The van der Waals surface area contributed by atoms with Crippen LogP contribution in [0.15, 0.2) is 29.3 Å². The lowest BCUT2D eigenvalue weighted by molar-refractivity contribution is 1.16. The van der Waals surface area contributed by atoms with Gasteiger partial charge in [-0.3, -0.25) is 4.79 Å². The number of nitrogen functional groups attached to an aromatic ring is 1. The second kappa shape index (κ2) is 2.60. The summed E-state index contributed by atoms with van der Waals surface area (Å²) >= 11 is 0. The van der Waals surface area contributed by atoms with Crippen molar-refractivity contribution in [2.75, 3.05) is 5.73 Å². The Hall–Kier alpha value is -2.30. The number of nitrogens with one attached hydrogen (secondary N) is 2. The van der Waals surface area contributed by atoms with Gasteiger partial charge in [0.2, 0.25) is 0 Å². The first-order chi connectivity index (χ1) is 7.27. The molecule has 4 N–H and O–H groups in total. The zero-order chi connectivity index (χ0) is 10.4. The molecule has 0 unspecified atom stereocenters. The first-order valence-corrected chi connectivity index (χ1v) is 4.51. The monoisotopic (exact) mass is 200 g/mol. The Balaban J connectivity index is 2.71. The van der Waals surface area contributed by atoms with Crippen molar-refractivity contribution in [3.63, 3.8) is 0 Å². The molecule has 0 atom stereocenters. The second-order valence-electron chi connectivity index (χ2n) is 3.35. The minimum absolute atomic E-state index is 0.156. The number of benzene rings is 1. The minimum atomic E-state index is -0.156. The number of nitrogens with two attached hydrogens (primary N) is 1. The Morgan fingerprint density at radius 3 is 3.07 bits per heavy atom. The van der Waals surface area contributed by atoms with Gasteiger partial charge in [0.1, 0.15) is 5.65 Å². The summed E-state index contributed by atoms with van der Waals surface area (Å²) in [4.78, 5) is 21.2. The Kier molecular flexibility index (Phi) is 1.39. The number of fused-ring (bicyclic) bond motifs is 3. The van der Waals surface area contributed by atoms with Gasteiger partial charge in [-0.1, -0.05) is 12.1 Å². The summed E-state index contributed by atoms with van der Waals surface area (Å²) in [6.07, 6.45) is 1.37. The number of anilines is 1. The van der Waals surface area contributed by atoms with Gasteiger partial charge in [0, 0.05) is 5.39 Å². The van der Waals surface area contributed by atoms with Crippen molar-refractivity contribution >= 4 is 27.6 Å². The van der Waals surface area contributed by atoms with Crippen LogP contribution in [0.3, 0.4) is 0 Å². The van der Waals surface area contributed by atoms with E-state index in [1.54, 1.807) is 6.07 Å². The van der Waals surface area contributed by atoms with Gasteiger partial charge in [0.25, 0.3) is 5.56 Å². The summed E-state index contributed by atoms with van der Waals surface area (Å²) in [5.74, 6) is 0. The van der Waals surface area contributed by atoms with E-state index in [4.69, 9.17) is 5.73 Å². The lowest BCUT2D eigenvalue weighted by Gasteiger charge is -1.93. The summed E-state index contributed by atoms with van der Waals surface area (Å²) in [5, 5.41) is 1.36. The molecular formula is C10H8N4O. The third kappa shape index (κ3) is 0.969. The zero-order valence-corrected chi connectivity index (χ0v) is 7.74. The molecule has 0 bridgehead atoms. The molecular weight excluding hydrogens is 192 g/mol. The molecule has 0 amide bonds. The predicted molar refractivity (Wildman–Crippen MR) is 58.6 cm³/mol. The molecule has 3 rings (SSSR count). The molecule has 0 radical (unpaired) electrons. The van der Waals surface area contributed by atoms with Crippen molar-refractivity contribution in [1.82, 2.24) is 15.0 Å². The number of aromatic nitrogens is 3. The highest BCUT2D eigenvalue weighted by Crippen LogP contribution is 2.24. The third-order valence-electron chi connectivity index (χ3n) is 2.46. The molecule has 0 saturated carbocycles. The van der Waals surface area contributed by atoms with Crippen LogP contribution in [0.2, 0.25) is 0 Å². The Morgan fingerprint density at radius 1 is 1.33 bits per heavy atom. The molecule has 2 aromatic heterocycles. The minimum Gasteiger partial charge on any atom is -0.397 e. The molecule has 5 heteroatoms. The summed E-state index contributed by atoms with van der Waals surface area (Å²) in [7, 11) is 0. The Morgan fingerprint density at radius 2 is 2.20 bits per heavy atom. The van der Waals surface area contributed by atoms with Gasteiger partial charge in [-0.05, 0) is 6.07 Å². The van der Waals surface area contributed by atoms with Crippen LogP contribution in [0, 0.1) is 0 Å².